The molecule has 1 heterocycles. The molecule has 0 atom stereocenters. The van der Waals surface area contributed by atoms with Crippen LogP contribution in [0.15, 0.2) is 64.2 Å². The van der Waals surface area contributed by atoms with Gasteiger partial charge in [-0.25, -0.2) is 0 Å². The molecule has 3 aromatic rings. The van der Waals surface area contributed by atoms with Gasteiger partial charge in [0.05, 0.1) is 22.3 Å². The van der Waals surface area contributed by atoms with Crippen molar-refractivity contribution in [2.24, 2.45) is 0 Å². The van der Waals surface area contributed by atoms with Gasteiger partial charge in [0.2, 0.25) is 0 Å². The van der Waals surface area contributed by atoms with Crippen molar-refractivity contribution in [1.29, 1.82) is 0 Å². The first-order valence-corrected chi connectivity index (χ1v) is 11.5. The van der Waals surface area contributed by atoms with Gasteiger partial charge in [0.1, 0.15) is 4.21 Å². The van der Waals surface area contributed by atoms with Crippen molar-refractivity contribution >= 4 is 33.2 Å². The maximum absolute atomic E-state index is 13.5. The van der Waals surface area contributed by atoms with Gasteiger partial charge < -0.3 is 0 Å². The Balaban J connectivity index is 2.29. The van der Waals surface area contributed by atoms with Gasteiger partial charge in [0.25, 0.3) is 21.8 Å². The van der Waals surface area contributed by atoms with Crippen molar-refractivity contribution < 1.29 is 44.3 Å². The molecule has 0 spiro atoms. The summed E-state index contributed by atoms with van der Waals surface area (Å²) >= 11 is 0.551. The maximum Gasteiger partial charge on any atom is 0.417 e. The summed E-state index contributed by atoms with van der Waals surface area (Å²) in [5, 5.41) is 1.33. The number of alkyl halides is 6. The van der Waals surface area contributed by atoms with E-state index in [9.17, 15) is 44.3 Å². The van der Waals surface area contributed by atoms with E-state index in [2.05, 4.69) is 0 Å². The summed E-state index contributed by atoms with van der Waals surface area (Å²) in [6, 6.07) is 7.14. The van der Waals surface area contributed by atoms with Gasteiger partial charge in [0, 0.05) is 0 Å². The van der Waals surface area contributed by atoms with Gasteiger partial charge in [-0.05, 0) is 48.2 Å². The van der Waals surface area contributed by atoms with Crippen LogP contribution in [0.2, 0.25) is 0 Å². The van der Waals surface area contributed by atoms with Crippen LogP contribution in [0.4, 0.5) is 26.3 Å². The van der Waals surface area contributed by atoms with E-state index < -0.39 is 65.0 Å². The smallest absolute Gasteiger partial charge is 0.267 e. The SMILES string of the molecule is Cc1csc(S(=O)(=O)N(C(=O)c2ccccc2C(F)(F)F)C(=O)c2ccccc2C(F)(F)F)c1. The lowest BCUT2D eigenvalue weighted by molar-refractivity contribution is -0.138. The average molecular weight is 521 g/mol. The number of sulfonamides is 1. The summed E-state index contributed by atoms with van der Waals surface area (Å²) in [6.07, 6.45) is -10.2. The number of aryl methyl sites for hydroxylation is 1. The number of thiophene rings is 1. The zero-order valence-corrected chi connectivity index (χ0v) is 18.6. The summed E-state index contributed by atoms with van der Waals surface area (Å²) in [6.45, 7) is 1.47. The minimum Gasteiger partial charge on any atom is -0.267 e. The molecule has 0 N–H and O–H groups in total. The van der Waals surface area contributed by atoms with Gasteiger partial charge in [-0.3, -0.25) is 9.59 Å². The fourth-order valence-corrected chi connectivity index (χ4v) is 5.62. The van der Waals surface area contributed by atoms with E-state index in [-0.39, 0.29) is 0 Å². The Labute approximate surface area is 193 Å². The Bertz CT molecular complexity index is 1290. The van der Waals surface area contributed by atoms with Gasteiger partial charge in [0.15, 0.2) is 0 Å². The third-order valence-electron chi connectivity index (χ3n) is 4.50. The largest absolute Gasteiger partial charge is 0.417 e. The van der Waals surface area contributed by atoms with Crippen LogP contribution in [-0.2, 0) is 22.4 Å². The van der Waals surface area contributed by atoms with Crippen LogP contribution < -0.4 is 0 Å². The lowest BCUT2D eigenvalue weighted by atomic mass is 10.0. The van der Waals surface area contributed by atoms with Crippen LogP contribution in [0.3, 0.4) is 0 Å². The predicted octanol–water partition coefficient (Wildman–Crippen LogP) is 5.77. The molecule has 34 heavy (non-hydrogen) atoms. The number of hydrogen-bond donors (Lipinski definition) is 0. The van der Waals surface area contributed by atoms with Crippen LogP contribution in [0.1, 0.15) is 37.4 Å². The van der Waals surface area contributed by atoms with Crippen LogP contribution in [0.25, 0.3) is 0 Å². The average Bonchev–Trinajstić information content (AvgIpc) is 3.19. The second-order valence-corrected chi connectivity index (χ2v) is 9.83. The third kappa shape index (κ3) is 4.85. The van der Waals surface area contributed by atoms with E-state index >= 15 is 0 Å². The van der Waals surface area contributed by atoms with Gasteiger partial charge >= 0.3 is 12.4 Å². The number of imide groups is 1. The minimum absolute atomic E-state index is 0.384. The highest BCUT2D eigenvalue weighted by Gasteiger charge is 2.44. The Morgan fingerprint density at radius 2 is 1.21 bits per heavy atom. The number of carbonyl (C=O) groups excluding carboxylic acids is 2. The highest BCUT2D eigenvalue weighted by Crippen LogP contribution is 2.36. The van der Waals surface area contributed by atoms with Crippen molar-refractivity contribution in [1.82, 2.24) is 4.31 Å². The van der Waals surface area contributed by atoms with E-state index in [1.807, 2.05) is 0 Å². The molecular formula is C21H13F6NO4S2. The topological polar surface area (TPSA) is 71.5 Å². The third-order valence-corrected chi connectivity index (χ3v) is 7.69. The minimum atomic E-state index is -5.18. The highest BCUT2D eigenvalue weighted by atomic mass is 32.2. The predicted molar refractivity (Wildman–Crippen MR) is 110 cm³/mol. The van der Waals surface area contributed by atoms with Crippen molar-refractivity contribution in [3.63, 3.8) is 0 Å². The summed E-state index contributed by atoms with van der Waals surface area (Å²) < 4.78 is 106. The number of amides is 2. The molecule has 180 valence electrons. The Hall–Kier alpha value is -3.19. The summed E-state index contributed by atoms with van der Waals surface area (Å²) in [7, 11) is -5.18. The monoisotopic (exact) mass is 521 g/mol. The molecule has 0 aliphatic carbocycles. The number of carbonyl (C=O) groups is 2. The molecule has 0 bridgehead atoms. The maximum atomic E-state index is 13.5. The van der Waals surface area contributed by atoms with E-state index in [4.69, 9.17) is 0 Å². The molecular weight excluding hydrogens is 508 g/mol. The second kappa shape index (κ2) is 8.87. The number of benzene rings is 2. The second-order valence-electron chi connectivity index (χ2n) is 6.91. The van der Waals surface area contributed by atoms with Crippen molar-refractivity contribution in [3.05, 3.63) is 87.8 Å². The van der Waals surface area contributed by atoms with Crippen molar-refractivity contribution in [3.8, 4) is 0 Å². The molecule has 0 aliphatic heterocycles. The van der Waals surface area contributed by atoms with E-state index in [1.54, 1.807) is 0 Å². The molecule has 0 saturated carbocycles. The van der Waals surface area contributed by atoms with E-state index in [0.717, 1.165) is 30.3 Å². The first-order valence-electron chi connectivity index (χ1n) is 9.17. The number of nitrogens with zero attached hydrogens (tertiary/aromatic N) is 1. The Morgan fingerprint density at radius 3 is 1.56 bits per heavy atom. The Kier molecular flexibility index (Phi) is 6.64. The fourth-order valence-electron chi connectivity index (χ4n) is 2.99. The summed E-state index contributed by atoms with van der Waals surface area (Å²) in [4.78, 5) is 26.3. The van der Waals surface area contributed by atoms with Gasteiger partial charge in [-0.15, -0.1) is 11.3 Å². The first-order chi connectivity index (χ1) is 15.7. The first kappa shape index (κ1) is 25.4. The summed E-state index contributed by atoms with van der Waals surface area (Å²) in [5.41, 5.74) is -5.16. The molecule has 13 heteroatoms. The van der Waals surface area contributed by atoms with Crippen LogP contribution >= 0.6 is 11.3 Å². The van der Waals surface area contributed by atoms with Crippen LogP contribution in [-0.4, -0.2) is 24.5 Å². The van der Waals surface area contributed by atoms with Crippen molar-refractivity contribution in [2.75, 3.05) is 0 Å². The standard InChI is InChI=1S/C21H13F6NO4S2/c1-12-10-17(33-11-12)34(31,32)28(18(29)13-6-2-4-8-15(13)20(22,23)24)19(30)14-7-3-5-9-16(14)21(25,26)27/h2-11H,1H3. The lowest BCUT2D eigenvalue weighted by Gasteiger charge is -2.23. The van der Waals surface area contributed by atoms with E-state index in [0.29, 0.717) is 41.2 Å². The fraction of sp³-hybridized carbons (Fsp3) is 0.143. The van der Waals surface area contributed by atoms with Gasteiger partial charge in [-0.2, -0.15) is 39.1 Å². The molecule has 1 aromatic heterocycles. The summed E-state index contributed by atoms with van der Waals surface area (Å²) in [5.74, 6) is -3.89. The molecule has 0 saturated heterocycles. The van der Waals surface area contributed by atoms with Crippen LogP contribution in [0, 0.1) is 6.92 Å². The quantitative estimate of drug-likeness (QED) is 0.323. The molecule has 0 fully saturated rings. The molecule has 2 amide bonds. The lowest BCUT2D eigenvalue weighted by Crippen LogP contribution is -2.43. The number of halogens is 6. The molecule has 5 nitrogen and oxygen atoms in total. The van der Waals surface area contributed by atoms with Crippen LogP contribution in [0.5, 0.6) is 0 Å². The number of rotatable bonds is 4. The number of hydrogen-bond acceptors (Lipinski definition) is 5. The van der Waals surface area contributed by atoms with E-state index in [1.165, 1.54) is 12.3 Å². The highest BCUT2D eigenvalue weighted by molar-refractivity contribution is 7.92. The molecule has 0 unspecified atom stereocenters. The molecule has 3 rings (SSSR count). The normalized spacial score (nSPS) is 12.4. The zero-order valence-electron chi connectivity index (χ0n) is 16.9. The molecule has 2 aromatic carbocycles. The molecule has 0 radical (unpaired) electrons. The molecule has 0 aliphatic rings. The Morgan fingerprint density at radius 1 is 0.794 bits per heavy atom. The van der Waals surface area contributed by atoms with Crippen molar-refractivity contribution in [2.45, 2.75) is 23.5 Å². The zero-order chi connectivity index (χ0) is 25.5. The van der Waals surface area contributed by atoms with Gasteiger partial charge in [-0.1, -0.05) is 24.3 Å².